The lowest BCUT2D eigenvalue weighted by Gasteiger charge is -2.41. The van der Waals surface area contributed by atoms with Crippen molar-refractivity contribution >= 4 is 34.5 Å². The lowest BCUT2D eigenvalue weighted by Crippen LogP contribution is -2.61. The van der Waals surface area contributed by atoms with E-state index in [2.05, 4.69) is 25.3 Å². The number of halogens is 2. The van der Waals surface area contributed by atoms with E-state index in [0.717, 1.165) is 6.20 Å². The number of ether oxygens (including phenoxy) is 2. The summed E-state index contributed by atoms with van der Waals surface area (Å²) in [5.41, 5.74) is 11.5. The molecule has 2 aliphatic rings. The summed E-state index contributed by atoms with van der Waals surface area (Å²) in [5.74, 6) is -0.485. The number of rotatable bonds is 4. The first kappa shape index (κ1) is 22.7. The van der Waals surface area contributed by atoms with Crippen molar-refractivity contribution in [1.29, 1.82) is 0 Å². The molecule has 0 radical (unpaired) electrons. The number of hydrogen-bond acceptors (Lipinski definition) is 9. The van der Waals surface area contributed by atoms with Crippen LogP contribution in [0.3, 0.4) is 0 Å². The van der Waals surface area contributed by atoms with Crippen LogP contribution in [0, 0.1) is 5.82 Å². The van der Waals surface area contributed by atoms with Crippen molar-refractivity contribution in [2.45, 2.75) is 30.7 Å². The molecule has 13 heteroatoms. The number of H-pyrrole nitrogens is 1. The number of amides is 1. The lowest BCUT2D eigenvalue weighted by atomic mass is 9.99. The highest BCUT2D eigenvalue weighted by Crippen LogP contribution is 2.30. The number of fused-ring (bicyclic) bond motifs is 1. The Bertz CT molecular complexity index is 1230. The van der Waals surface area contributed by atoms with Crippen LogP contribution in [-0.2, 0) is 9.47 Å². The van der Waals surface area contributed by atoms with E-state index in [1.165, 1.54) is 11.1 Å². The fourth-order valence-electron chi connectivity index (χ4n) is 4.21. The topological polar surface area (TPSA) is 157 Å². The molecule has 3 aromatic heterocycles. The number of hydrogen-bond donors (Lipinski definition) is 4. The van der Waals surface area contributed by atoms with Gasteiger partial charge in [-0.15, -0.1) is 0 Å². The molecule has 6 N–H and O–H groups in total. The van der Waals surface area contributed by atoms with Gasteiger partial charge in [0, 0.05) is 36.3 Å². The summed E-state index contributed by atoms with van der Waals surface area (Å²) in [6.45, 7) is 1.09. The summed E-state index contributed by atoms with van der Waals surface area (Å²) >= 11 is 6.08. The number of nitrogens with one attached hydrogen (secondary N) is 2. The molecule has 2 fully saturated rings. The number of aromatic amines is 1. The van der Waals surface area contributed by atoms with Gasteiger partial charge >= 0.3 is 6.09 Å². The Balaban J connectivity index is 1.36. The highest BCUT2D eigenvalue weighted by atomic mass is 35.5. The van der Waals surface area contributed by atoms with Gasteiger partial charge in [0.05, 0.1) is 24.4 Å². The number of likely N-dealkylation sites (tertiary alicyclic amines) is 1. The molecule has 2 aliphatic heterocycles. The first-order valence-corrected chi connectivity index (χ1v) is 11.2. The fourth-order valence-corrected chi connectivity index (χ4v) is 4.36. The highest BCUT2D eigenvalue weighted by Gasteiger charge is 2.40. The Hall–Kier alpha value is -3.06. The third kappa shape index (κ3) is 4.49. The average Bonchev–Trinajstić information content (AvgIpc) is 3.41. The maximum absolute atomic E-state index is 14.7. The van der Waals surface area contributed by atoms with Crippen LogP contribution in [0.15, 0.2) is 24.7 Å². The molecular weight excluding hydrogens is 467 g/mol. The third-order valence-electron chi connectivity index (χ3n) is 5.94. The predicted octanol–water partition coefficient (Wildman–Crippen LogP) is 2.19. The third-order valence-corrected chi connectivity index (χ3v) is 6.15. The molecule has 11 nitrogen and oxygen atoms in total. The zero-order chi connectivity index (χ0) is 23.9. The molecule has 3 aromatic rings. The van der Waals surface area contributed by atoms with Gasteiger partial charge in [-0.1, -0.05) is 11.6 Å². The van der Waals surface area contributed by atoms with Gasteiger partial charge in [0.15, 0.2) is 23.2 Å². The standard InChI is InChI=1S/C21H24ClFN8O3/c22-12-6-13-14(8-27-16(13)26-7-12)17-28-9-15(23)18(29-17)30-20(24)2-1-4-31(10-20)19(32)34-21(25)3-5-33-11-21/h6-9H,1-5,10-11,24-25H2,(H,26,27)(H,28,29,30)/t20-,21-/m0/s1. The van der Waals surface area contributed by atoms with E-state index in [-0.39, 0.29) is 24.8 Å². The number of nitrogens with two attached hydrogens (primary N) is 2. The normalized spacial score (nSPS) is 25.0. The summed E-state index contributed by atoms with van der Waals surface area (Å²) < 4.78 is 25.4. The number of pyridine rings is 1. The number of carbonyl (C=O) groups excluding carboxylic acids is 1. The van der Waals surface area contributed by atoms with Gasteiger partial charge in [-0.05, 0) is 18.9 Å². The molecular formula is C21H24ClFN8O3. The van der Waals surface area contributed by atoms with Crippen molar-refractivity contribution in [1.82, 2.24) is 24.8 Å². The van der Waals surface area contributed by atoms with Crippen LogP contribution in [0.5, 0.6) is 0 Å². The van der Waals surface area contributed by atoms with Gasteiger partial charge in [0.2, 0.25) is 0 Å². The molecule has 0 saturated carbocycles. The van der Waals surface area contributed by atoms with Crippen molar-refractivity contribution in [3.8, 4) is 11.4 Å². The second-order valence-electron chi connectivity index (χ2n) is 8.68. The van der Waals surface area contributed by atoms with E-state index in [0.29, 0.717) is 54.0 Å². The molecule has 5 heterocycles. The summed E-state index contributed by atoms with van der Waals surface area (Å²) in [4.78, 5) is 29.9. The summed E-state index contributed by atoms with van der Waals surface area (Å²) in [6.07, 6.45) is 5.17. The van der Waals surface area contributed by atoms with E-state index in [1.807, 2.05) is 0 Å². The van der Waals surface area contributed by atoms with Gasteiger partial charge < -0.3 is 30.4 Å². The molecule has 2 saturated heterocycles. The second kappa shape index (κ2) is 8.62. The summed E-state index contributed by atoms with van der Waals surface area (Å²) in [6, 6.07) is 1.73. The fraction of sp³-hybridized carbons (Fsp3) is 0.429. The molecule has 0 bridgehead atoms. The van der Waals surface area contributed by atoms with Crippen molar-refractivity contribution in [2.75, 3.05) is 31.6 Å². The molecule has 34 heavy (non-hydrogen) atoms. The molecule has 180 valence electrons. The first-order valence-electron chi connectivity index (χ1n) is 10.8. The Kier molecular flexibility index (Phi) is 5.76. The van der Waals surface area contributed by atoms with E-state index >= 15 is 0 Å². The molecule has 0 aliphatic carbocycles. The van der Waals surface area contributed by atoms with Gasteiger partial charge in [-0.25, -0.2) is 24.1 Å². The van der Waals surface area contributed by atoms with Crippen LogP contribution in [0.2, 0.25) is 5.02 Å². The minimum atomic E-state index is -1.15. The Labute approximate surface area is 199 Å². The van der Waals surface area contributed by atoms with Crippen LogP contribution >= 0.6 is 11.6 Å². The van der Waals surface area contributed by atoms with Crippen LogP contribution in [0.4, 0.5) is 15.0 Å². The molecule has 1 amide bonds. The number of carbonyl (C=O) groups is 1. The lowest BCUT2D eigenvalue weighted by molar-refractivity contribution is -0.0175. The van der Waals surface area contributed by atoms with Crippen molar-refractivity contribution in [3.63, 3.8) is 0 Å². The first-order chi connectivity index (χ1) is 16.2. The quantitative estimate of drug-likeness (QED) is 0.402. The minimum absolute atomic E-state index is 0.0773. The van der Waals surface area contributed by atoms with Gasteiger partial charge in [0.1, 0.15) is 17.9 Å². The van der Waals surface area contributed by atoms with Gasteiger partial charge in [-0.2, -0.15) is 0 Å². The van der Waals surface area contributed by atoms with Gasteiger partial charge in [0.25, 0.3) is 0 Å². The van der Waals surface area contributed by atoms with E-state index in [9.17, 15) is 9.18 Å². The van der Waals surface area contributed by atoms with Crippen molar-refractivity contribution < 1.29 is 18.7 Å². The van der Waals surface area contributed by atoms with Crippen LogP contribution in [0.25, 0.3) is 22.4 Å². The zero-order valence-corrected chi connectivity index (χ0v) is 18.9. The highest BCUT2D eigenvalue weighted by molar-refractivity contribution is 6.31. The molecule has 0 spiro atoms. The monoisotopic (exact) mass is 490 g/mol. The predicted molar refractivity (Wildman–Crippen MR) is 122 cm³/mol. The van der Waals surface area contributed by atoms with Crippen LogP contribution in [0.1, 0.15) is 19.3 Å². The zero-order valence-electron chi connectivity index (χ0n) is 18.2. The molecule has 2 atom stereocenters. The average molecular weight is 491 g/mol. The van der Waals surface area contributed by atoms with Crippen molar-refractivity contribution in [3.05, 3.63) is 35.5 Å². The number of piperidine rings is 1. The number of aromatic nitrogens is 4. The number of anilines is 1. The molecule has 0 unspecified atom stereocenters. The smallest absolute Gasteiger partial charge is 0.411 e. The van der Waals surface area contributed by atoms with Crippen molar-refractivity contribution in [2.24, 2.45) is 11.5 Å². The van der Waals surface area contributed by atoms with E-state index in [4.69, 9.17) is 32.5 Å². The minimum Gasteiger partial charge on any atom is -0.425 e. The summed E-state index contributed by atoms with van der Waals surface area (Å²) in [5, 5.41) is 4.12. The Morgan fingerprint density at radius 2 is 2.18 bits per heavy atom. The summed E-state index contributed by atoms with van der Waals surface area (Å²) in [7, 11) is 0. The Morgan fingerprint density at radius 3 is 2.97 bits per heavy atom. The SMILES string of the molecule is N[C@]1(Nc2nc(-c3c[nH]c4ncc(Cl)cc34)ncc2F)CCCN(C(=O)O[C@@]2(N)CCOC2)C1. The maximum Gasteiger partial charge on any atom is 0.411 e. The van der Waals surface area contributed by atoms with E-state index in [1.54, 1.807) is 12.3 Å². The second-order valence-corrected chi connectivity index (χ2v) is 9.12. The molecule has 5 rings (SSSR count). The van der Waals surface area contributed by atoms with Crippen LogP contribution < -0.4 is 16.8 Å². The number of nitrogens with zero attached hydrogens (tertiary/aromatic N) is 4. The molecule has 0 aromatic carbocycles. The van der Waals surface area contributed by atoms with E-state index < -0.39 is 23.3 Å². The Morgan fingerprint density at radius 1 is 1.32 bits per heavy atom. The van der Waals surface area contributed by atoms with Crippen LogP contribution in [-0.4, -0.2) is 68.6 Å². The maximum atomic E-state index is 14.7. The van der Waals surface area contributed by atoms with Gasteiger partial charge in [-0.3, -0.25) is 5.73 Å². The largest absolute Gasteiger partial charge is 0.425 e.